The normalized spacial score (nSPS) is 28.0. The lowest BCUT2D eigenvalue weighted by Gasteiger charge is -2.20. The van der Waals surface area contributed by atoms with Crippen molar-refractivity contribution in [1.29, 1.82) is 0 Å². The summed E-state index contributed by atoms with van der Waals surface area (Å²) >= 11 is 1.68. The molecule has 2 N–H and O–H groups in total. The van der Waals surface area contributed by atoms with Crippen LogP contribution in [0.3, 0.4) is 0 Å². The number of hydrogen-bond donors (Lipinski definition) is 1. The summed E-state index contributed by atoms with van der Waals surface area (Å²) in [6.07, 6.45) is 4.03. The van der Waals surface area contributed by atoms with E-state index in [0.717, 1.165) is 11.4 Å². The predicted molar refractivity (Wildman–Crippen MR) is 66.7 cm³/mol. The van der Waals surface area contributed by atoms with Crippen molar-refractivity contribution in [2.75, 3.05) is 7.11 Å². The van der Waals surface area contributed by atoms with Crippen LogP contribution in [0.1, 0.15) is 19.3 Å². The largest absolute Gasteiger partial charge is 0.468 e. The molecule has 5 heteroatoms. The molecule has 0 amide bonds. The van der Waals surface area contributed by atoms with Gasteiger partial charge in [0, 0.05) is 11.4 Å². The molecule has 2 atom stereocenters. The number of nitrogens with zero attached hydrogens (tertiary/aromatic N) is 1. The molecule has 0 saturated heterocycles. The van der Waals surface area contributed by atoms with Crippen molar-refractivity contribution in [2.24, 2.45) is 5.73 Å². The number of carbonyl (C=O) groups excluding carboxylic acids is 1. The third-order valence-electron chi connectivity index (χ3n) is 3.02. The fraction of sp³-hybridized carbons (Fsp3) is 0.500. The van der Waals surface area contributed by atoms with E-state index in [1.54, 1.807) is 18.0 Å². The van der Waals surface area contributed by atoms with Crippen LogP contribution in [0.4, 0.5) is 0 Å². The van der Waals surface area contributed by atoms with E-state index in [9.17, 15) is 4.79 Å². The Morgan fingerprint density at radius 3 is 3.12 bits per heavy atom. The second-order valence-electron chi connectivity index (χ2n) is 4.30. The molecule has 1 aliphatic rings. The number of carbonyl (C=O) groups is 1. The van der Waals surface area contributed by atoms with Crippen LogP contribution in [-0.4, -0.2) is 28.9 Å². The average Bonchev–Trinajstić information content (AvgIpc) is 2.72. The van der Waals surface area contributed by atoms with Gasteiger partial charge in [-0.05, 0) is 31.4 Å². The van der Waals surface area contributed by atoms with Crippen molar-refractivity contribution in [3.05, 3.63) is 24.4 Å². The highest BCUT2D eigenvalue weighted by Gasteiger charge is 2.43. The smallest absolute Gasteiger partial charge is 0.325 e. The lowest BCUT2D eigenvalue weighted by Crippen LogP contribution is -2.46. The number of ether oxygens (including phenoxy) is 1. The number of rotatable bonds is 3. The predicted octanol–water partition coefficient (Wildman–Crippen LogP) is 1.60. The van der Waals surface area contributed by atoms with Crippen molar-refractivity contribution in [1.82, 2.24) is 4.98 Å². The van der Waals surface area contributed by atoms with Crippen LogP contribution >= 0.6 is 11.8 Å². The van der Waals surface area contributed by atoms with Crippen molar-refractivity contribution in [2.45, 2.75) is 35.1 Å². The fourth-order valence-corrected chi connectivity index (χ4v) is 3.34. The van der Waals surface area contributed by atoms with Crippen LogP contribution in [-0.2, 0) is 9.53 Å². The average molecular weight is 252 g/mol. The molecule has 0 bridgehead atoms. The second kappa shape index (κ2) is 5.06. The Balaban J connectivity index is 1.97. The number of methoxy groups -OCH3 is 1. The second-order valence-corrected chi connectivity index (χ2v) is 5.62. The van der Waals surface area contributed by atoms with Gasteiger partial charge in [0.25, 0.3) is 0 Å². The van der Waals surface area contributed by atoms with Gasteiger partial charge < -0.3 is 10.5 Å². The summed E-state index contributed by atoms with van der Waals surface area (Å²) in [6.45, 7) is 0. The molecule has 0 radical (unpaired) electrons. The van der Waals surface area contributed by atoms with Gasteiger partial charge in [0.15, 0.2) is 0 Å². The number of hydrogen-bond acceptors (Lipinski definition) is 5. The molecular formula is C12H16N2O2S. The van der Waals surface area contributed by atoms with Gasteiger partial charge in [-0.15, -0.1) is 11.8 Å². The van der Waals surface area contributed by atoms with E-state index in [1.807, 2.05) is 18.2 Å². The van der Waals surface area contributed by atoms with Gasteiger partial charge in [0.2, 0.25) is 0 Å². The first-order valence-corrected chi connectivity index (χ1v) is 6.47. The van der Waals surface area contributed by atoms with Crippen LogP contribution in [0.15, 0.2) is 29.4 Å². The van der Waals surface area contributed by atoms with E-state index in [-0.39, 0.29) is 5.97 Å². The maximum atomic E-state index is 11.6. The molecule has 1 aromatic rings. The highest BCUT2D eigenvalue weighted by atomic mass is 32.2. The van der Waals surface area contributed by atoms with E-state index < -0.39 is 5.54 Å². The van der Waals surface area contributed by atoms with Crippen LogP contribution in [0, 0.1) is 0 Å². The number of pyridine rings is 1. The number of aromatic nitrogens is 1. The quantitative estimate of drug-likeness (QED) is 0.828. The van der Waals surface area contributed by atoms with E-state index in [4.69, 9.17) is 10.5 Å². The first-order valence-electron chi connectivity index (χ1n) is 5.59. The Labute approximate surface area is 105 Å². The zero-order chi connectivity index (χ0) is 12.3. The zero-order valence-electron chi connectivity index (χ0n) is 9.76. The highest BCUT2D eigenvalue weighted by molar-refractivity contribution is 7.99. The number of thioether (sulfide) groups is 1. The Morgan fingerprint density at radius 2 is 2.47 bits per heavy atom. The minimum atomic E-state index is -0.804. The molecule has 2 unspecified atom stereocenters. The Kier molecular flexibility index (Phi) is 3.69. The summed E-state index contributed by atoms with van der Waals surface area (Å²) in [4.78, 5) is 15.8. The summed E-state index contributed by atoms with van der Waals surface area (Å²) in [5, 5.41) is 1.32. The lowest BCUT2D eigenvalue weighted by atomic mass is 10.00. The molecule has 2 rings (SSSR count). The number of nitrogens with two attached hydrogens (primary N) is 1. The summed E-state index contributed by atoms with van der Waals surface area (Å²) in [6, 6.07) is 5.82. The number of esters is 1. The maximum Gasteiger partial charge on any atom is 0.325 e. The Bertz CT molecular complexity index is 399. The first kappa shape index (κ1) is 12.4. The van der Waals surface area contributed by atoms with Gasteiger partial charge in [-0.25, -0.2) is 4.98 Å². The van der Waals surface area contributed by atoms with Crippen molar-refractivity contribution in [3.8, 4) is 0 Å². The maximum absolute atomic E-state index is 11.6. The molecule has 0 aromatic carbocycles. The molecule has 92 valence electrons. The molecule has 1 saturated carbocycles. The minimum absolute atomic E-state index is 0.304. The molecular weight excluding hydrogens is 236 g/mol. The van der Waals surface area contributed by atoms with Crippen LogP contribution in [0.2, 0.25) is 0 Å². The molecule has 1 heterocycles. The van der Waals surface area contributed by atoms with E-state index >= 15 is 0 Å². The summed E-state index contributed by atoms with van der Waals surface area (Å²) in [7, 11) is 1.39. The van der Waals surface area contributed by atoms with Gasteiger partial charge in [-0.3, -0.25) is 4.79 Å². The van der Waals surface area contributed by atoms with Crippen LogP contribution in [0.25, 0.3) is 0 Å². The van der Waals surface area contributed by atoms with Crippen LogP contribution < -0.4 is 5.73 Å². The van der Waals surface area contributed by atoms with Gasteiger partial charge >= 0.3 is 5.97 Å². The summed E-state index contributed by atoms with van der Waals surface area (Å²) in [5.41, 5.74) is 5.24. The standard InChI is InChI=1S/C12H16N2O2S/c1-16-11(15)12(13)6-5-9(8-12)17-10-4-2-3-7-14-10/h2-4,7,9H,5-6,8,13H2,1H3. The Hall–Kier alpha value is -1.07. The third kappa shape index (κ3) is 2.79. The van der Waals surface area contributed by atoms with Crippen molar-refractivity contribution >= 4 is 17.7 Å². The zero-order valence-corrected chi connectivity index (χ0v) is 10.6. The monoisotopic (exact) mass is 252 g/mol. The van der Waals surface area contributed by atoms with Gasteiger partial charge in [-0.1, -0.05) is 6.07 Å². The molecule has 1 aromatic heterocycles. The van der Waals surface area contributed by atoms with Crippen molar-refractivity contribution in [3.63, 3.8) is 0 Å². The topological polar surface area (TPSA) is 65.2 Å². The minimum Gasteiger partial charge on any atom is -0.468 e. The molecule has 17 heavy (non-hydrogen) atoms. The molecule has 4 nitrogen and oxygen atoms in total. The molecule has 0 aliphatic heterocycles. The fourth-order valence-electron chi connectivity index (χ4n) is 2.11. The van der Waals surface area contributed by atoms with E-state index in [2.05, 4.69) is 4.98 Å². The molecule has 1 aliphatic carbocycles. The molecule has 0 spiro atoms. The van der Waals surface area contributed by atoms with Gasteiger partial charge in [-0.2, -0.15) is 0 Å². The SMILES string of the molecule is COC(=O)C1(N)CCC(Sc2ccccn2)C1. The van der Waals surface area contributed by atoms with E-state index in [1.165, 1.54) is 7.11 Å². The van der Waals surface area contributed by atoms with Gasteiger partial charge in [0.05, 0.1) is 12.1 Å². The highest BCUT2D eigenvalue weighted by Crippen LogP contribution is 2.38. The summed E-state index contributed by atoms with van der Waals surface area (Å²) in [5.74, 6) is -0.304. The third-order valence-corrected chi connectivity index (χ3v) is 4.24. The Morgan fingerprint density at radius 1 is 1.65 bits per heavy atom. The first-order chi connectivity index (χ1) is 8.14. The van der Waals surface area contributed by atoms with Crippen molar-refractivity contribution < 1.29 is 9.53 Å². The molecule has 1 fully saturated rings. The van der Waals surface area contributed by atoms with Crippen LogP contribution in [0.5, 0.6) is 0 Å². The lowest BCUT2D eigenvalue weighted by molar-refractivity contribution is -0.146. The summed E-state index contributed by atoms with van der Waals surface area (Å²) < 4.78 is 4.75. The van der Waals surface area contributed by atoms with Gasteiger partial charge in [0.1, 0.15) is 5.54 Å². The van der Waals surface area contributed by atoms with E-state index in [0.29, 0.717) is 18.1 Å².